The van der Waals surface area contributed by atoms with Gasteiger partial charge in [-0.25, -0.2) is 4.79 Å². The quantitative estimate of drug-likeness (QED) is 0.253. The first kappa shape index (κ1) is 25.2. The van der Waals surface area contributed by atoms with Crippen molar-refractivity contribution in [1.29, 1.82) is 0 Å². The SMILES string of the molecule is CO/C=C(\C)C(=O)NC(=O)NC[C@H]1[C@H](COC(C)=O)[C@H]1CO[Si](C)(C)C(C)(C)C. The molecule has 166 valence electrons. The summed E-state index contributed by atoms with van der Waals surface area (Å²) in [6, 6.07) is -0.568. The molecule has 3 amide bonds. The summed E-state index contributed by atoms with van der Waals surface area (Å²) in [6.45, 7) is 15.1. The van der Waals surface area contributed by atoms with Crippen LogP contribution in [0.25, 0.3) is 0 Å². The van der Waals surface area contributed by atoms with E-state index in [-0.39, 0.29) is 28.8 Å². The number of nitrogens with one attached hydrogen (secondary N) is 2. The third-order valence-corrected chi connectivity index (χ3v) is 10.3. The Morgan fingerprint density at radius 1 is 1.03 bits per heavy atom. The predicted molar refractivity (Wildman–Crippen MR) is 113 cm³/mol. The Kier molecular flexibility index (Phi) is 8.89. The molecule has 1 saturated carbocycles. The summed E-state index contributed by atoms with van der Waals surface area (Å²) in [5, 5.41) is 5.09. The van der Waals surface area contributed by atoms with E-state index in [1.807, 2.05) is 0 Å². The van der Waals surface area contributed by atoms with Gasteiger partial charge in [0.15, 0.2) is 8.32 Å². The topological polar surface area (TPSA) is 103 Å². The molecule has 1 rings (SSSR count). The summed E-state index contributed by atoms with van der Waals surface area (Å²) in [4.78, 5) is 35.0. The van der Waals surface area contributed by atoms with Gasteiger partial charge in [-0.3, -0.25) is 14.9 Å². The number of urea groups is 1. The van der Waals surface area contributed by atoms with E-state index < -0.39 is 20.3 Å². The third-order valence-electron chi connectivity index (χ3n) is 5.81. The van der Waals surface area contributed by atoms with E-state index in [1.165, 1.54) is 20.3 Å². The van der Waals surface area contributed by atoms with Crippen LogP contribution in [0.4, 0.5) is 4.79 Å². The molecule has 1 aliphatic carbocycles. The number of esters is 1. The molecule has 8 nitrogen and oxygen atoms in total. The van der Waals surface area contributed by atoms with Crippen molar-refractivity contribution in [3.05, 3.63) is 11.8 Å². The average molecular weight is 429 g/mol. The lowest BCUT2D eigenvalue weighted by Crippen LogP contribution is -2.42. The molecule has 29 heavy (non-hydrogen) atoms. The number of ether oxygens (including phenoxy) is 2. The van der Waals surface area contributed by atoms with Crippen molar-refractivity contribution in [3.63, 3.8) is 0 Å². The van der Waals surface area contributed by atoms with Crippen molar-refractivity contribution in [2.75, 3.05) is 26.9 Å². The second-order valence-electron chi connectivity index (χ2n) is 9.07. The van der Waals surface area contributed by atoms with Gasteiger partial charge in [0.25, 0.3) is 5.91 Å². The molecule has 0 aromatic heterocycles. The number of amides is 3. The highest BCUT2D eigenvalue weighted by atomic mass is 28.4. The summed E-state index contributed by atoms with van der Waals surface area (Å²) < 4.78 is 16.2. The van der Waals surface area contributed by atoms with E-state index in [0.717, 1.165) is 0 Å². The highest BCUT2D eigenvalue weighted by Gasteiger charge is 2.51. The Morgan fingerprint density at radius 3 is 2.14 bits per heavy atom. The van der Waals surface area contributed by atoms with Gasteiger partial charge in [0.05, 0.1) is 20.0 Å². The van der Waals surface area contributed by atoms with Crippen LogP contribution in [0.3, 0.4) is 0 Å². The lowest BCUT2D eigenvalue weighted by molar-refractivity contribution is -0.141. The van der Waals surface area contributed by atoms with Gasteiger partial charge < -0.3 is 19.2 Å². The zero-order valence-electron chi connectivity index (χ0n) is 18.9. The monoisotopic (exact) mass is 428 g/mol. The summed E-state index contributed by atoms with van der Waals surface area (Å²) in [6.07, 6.45) is 1.27. The normalized spacial score (nSPS) is 21.9. The van der Waals surface area contributed by atoms with Gasteiger partial charge in [-0.2, -0.15) is 0 Å². The van der Waals surface area contributed by atoms with Crippen molar-refractivity contribution < 1.29 is 28.3 Å². The maximum absolute atomic E-state index is 12.0. The van der Waals surface area contributed by atoms with Crippen molar-refractivity contribution >= 4 is 26.2 Å². The lowest BCUT2D eigenvalue weighted by Gasteiger charge is -2.36. The number of hydrogen-bond donors (Lipinski definition) is 2. The summed E-state index contributed by atoms with van der Waals surface area (Å²) >= 11 is 0. The van der Waals surface area contributed by atoms with Gasteiger partial charge in [0.2, 0.25) is 0 Å². The smallest absolute Gasteiger partial charge is 0.321 e. The molecule has 1 fully saturated rings. The molecule has 0 spiro atoms. The predicted octanol–water partition coefficient (Wildman–Crippen LogP) is 2.81. The molecule has 0 unspecified atom stereocenters. The zero-order valence-corrected chi connectivity index (χ0v) is 19.9. The standard InChI is InChI=1S/C20H36N2O6Si/c1-13(10-26-6)18(24)22-19(25)21-9-15-16(11-27-14(2)23)17(15)12-28-29(7,8)20(3,4)5/h10,15-17H,9,11-12H2,1-8H3,(H2,21,22,24,25)/b13-10+/t15-,16-,17-/m0/s1. The minimum absolute atomic E-state index is 0.106. The molecule has 0 heterocycles. The maximum Gasteiger partial charge on any atom is 0.321 e. The molecule has 0 aromatic rings. The number of methoxy groups -OCH3 is 1. The Labute approximate surface area is 174 Å². The highest BCUT2D eigenvalue weighted by molar-refractivity contribution is 6.74. The molecule has 3 atom stereocenters. The molecule has 1 aliphatic rings. The van der Waals surface area contributed by atoms with Gasteiger partial charge in [0, 0.05) is 31.6 Å². The van der Waals surface area contributed by atoms with Crippen molar-refractivity contribution in [2.24, 2.45) is 17.8 Å². The van der Waals surface area contributed by atoms with Crippen LogP contribution in [0, 0.1) is 17.8 Å². The molecule has 0 aliphatic heterocycles. The van der Waals surface area contributed by atoms with Gasteiger partial charge in [-0.05, 0) is 36.9 Å². The minimum atomic E-state index is -1.89. The first-order valence-electron chi connectivity index (χ1n) is 9.86. The number of carbonyl (C=O) groups excluding carboxylic acids is 3. The molecule has 2 N–H and O–H groups in total. The summed E-state index contributed by atoms with van der Waals surface area (Å²) in [5.74, 6) is -0.370. The van der Waals surface area contributed by atoms with E-state index >= 15 is 0 Å². The molecule has 0 bridgehead atoms. The van der Waals surface area contributed by atoms with Crippen LogP contribution in [-0.2, 0) is 23.5 Å². The second-order valence-corrected chi connectivity index (χ2v) is 13.9. The van der Waals surface area contributed by atoms with E-state index in [2.05, 4.69) is 44.5 Å². The average Bonchev–Trinajstić information content (AvgIpc) is 3.27. The van der Waals surface area contributed by atoms with Crippen LogP contribution in [0.15, 0.2) is 11.8 Å². The molecule has 0 aromatic carbocycles. The maximum atomic E-state index is 12.0. The van der Waals surface area contributed by atoms with E-state index in [0.29, 0.717) is 25.3 Å². The fourth-order valence-corrected chi connectivity index (χ4v) is 3.79. The zero-order chi connectivity index (χ0) is 22.4. The molecule has 9 heteroatoms. The van der Waals surface area contributed by atoms with E-state index in [4.69, 9.17) is 13.9 Å². The van der Waals surface area contributed by atoms with Gasteiger partial charge in [-0.15, -0.1) is 0 Å². The lowest BCUT2D eigenvalue weighted by atomic mass is 10.2. The molecular formula is C20H36N2O6Si. The first-order valence-corrected chi connectivity index (χ1v) is 12.8. The second kappa shape index (κ2) is 10.2. The van der Waals surface area contributed by atoms with Gasteiger partial charge >= 0.3 is 12.0 Å². The van der Waals surface area contributed by atoms with Crippen LogP contribution in [0.1, 0.15) is 34.6 Å². The number of hydrogen-bond acceptors (Lipinski definition) is 6. The summed E-state index contributed by atoms with van der Waals surface area (Å²) in [5.41, 5.74) is 0.294. The number of carbonyl (C=O) groups is 3. The van der Waals surface area contributed by atoms with Crippen LogP contribution < -0.4 is 10.6 Å². The Bertz CT molecular complexity index is 641. The number of imide groups is 1. The van der Waals surface area contributed by atoms with Crippen molar-refractivity contribution in [1.82, 2.24) is 10.6 Å². The van der Waals surface area contributed by atoms with Crippen LogP contribution >= 0.6 is 0 Å². The third kappa shape index (κ3) is 7.81. The molecule has 0 saturated heterocycles. The summed E-state index contributed by atoms with van der Waals surface area (Å²) in [7, 11) is -0.459. The Balaban J connectivity index is 2.59. The Hall–Kier alpha value is -1.87. The Morgan fingerprint density at radius 2 is 1.62 bits per heavy atom. The van der Waals surface area contributed by atoms with Gasteiger partial charge in [-0.1, -0.05) is 20.8 Å². The van der Waals surface area contributed by atoms with Crippen LogP contribution in [0.5, 0.6) is 0 Å². The minimum Gasteiger partial charge on any atom is -0.504 e. The van der Waals surface area contributed by atoms with E-state index in [9.17, 15) is 14.4 Å². The largest absolute Gasteiger partial charge is 0.504 e. The van der Waals surface area contributed by atoms with Gasteiger partial charge in [0.1, 0.15) is 0 Å². The fourth-order valence-electron chi connectivity index (χ4n) is 2.74. The fraction of sp³-hybridized carbons (Fsp3) is 0.750. The number of rotatable bonds is 9. The van der Waals surface area contributed by atoms with Crippen molar-refractivity contribution in [3.8, 4) is 0 Å². The van der Waals surface area contributed by atoms with Crippen molar-refractivity contribution in [2.45, 2.75) is 52.8 Å². The van der Waals surface area contributed by atoms with E-state index in [1.54, 1.807) is 6.92 Å². The molecule has 0 radical (unpaired) electrons. The molecular weight excluding hydrogens is 392 g/mol. The first-order chi connectivity index (χ1) is 13.3. The van der Waals surface area contributed by atoms with Crippen LogP contribution in [0.2, 0.25) is 18.1 Å². The van der Waals surface area contributed by atoms with Crippen LogP contribution in [-0.4, -0.2) is 53.1 Å². The highest BCUT2D eigenvalue weighted by Crippen LogP contribution is 2.47.